The maximum absolute atomic E-state index is 10.3. The third-order valence-corrected chi connectivity index (χ3v) is 4.10. The lowest BCUT2D eigenvalue weighted by Crippen LogP contribution is -2.27. The van der Waals surface area contributed by atoms with Gasteiger partial charge in [0.25, 0.3) is 0 Å². The van der Waals surface area contributed by atoms with Gasteiger partial charge in [0.2, 0.25) is 0 Å². The van der Waals surface area contributed by atoms with Crippen molar-refractivity contribution in [3.8, 4) is 0 Å². The summed E-state index contributed by atoms with van der Waals surface area (Å²) < 4.78 is 4.57. The summed E-state index contributed by atoms with van der Waals surface area (Å²) in [5, 5.41) is 8.41. The highest BCUT2D eigenvalue weighted by Crippen LogP contribution is 2.40. The summed E-state index contributed by atoms with van der Waals surface area (Å²) in [5.74, 6) is 3.15. The van der Waals surface area contributed by atoms with E-state index in [0.717, 1.165) is 36.5 Å². The summed E-state index contributed by atoms with van der Waals surface area (Å²) in [5.41, 5.74) is 0. The number of hydrogen-bond donors (Lipinski definition) is 1. The monoisotopic (exact) mass is 242 g/mol. The quantitative estimate of drug-likeness (QED) is 0.581. The van der Waals surface area contributed by atoms with Crippen LogP contribution in [0.15, 0.2) is 0 Å². The summed E-state index contributed by atoms with van der Waals surface area (Å²) >= 11 is 0. The number of rotatable bonds is 5. The van der Waals surface area contributed by atoms with Gasteiger partial charge in [-0.25, -0.2) is 4.79 Å². The molecule has 1 aliphatic carbocycles. The molecule has 17 heavy (non-hydrogen) atoms. The van der Waals surface area contributed by atoms with Crippen molar-refractivity contribution in [1.82, 2.24) is 0 Å². The zero-order chi connectivity index (χ0) is 12.8. The zero-order valence-corrected chi connectivity index (χ0v) is 11.3. The minimum atomic E-state index is -1.15. The van der Waals surface area contributed by atoms with Gasteiger partial charge in [-0.15, -0.1) is 0 Å². The number of ether oxygens (including phenoxy) is 1. The highest BCUT2D eigenvalue weighted by Gasteiger charge is 2.30. The number of carboxylic acid groups (broad SMARTS) is 1. The summed E-state index contributed by atoms with van der Waals surface area (Å²) in [6, 6.07) is 0. The van der Waals surface area contributed by atoms with Crippen LogP contribution < -0.4 is 0 Å². The normalized spacial score (nSPS) is 29.3. The predicted octanol–water partition coefficient (Wildman–Crippen LogP) is 4.17. The van der Waals surface area contributed by atoms with Crippen molar-refractivity contribution in [2.45, 2.75) is 52.9 Å². The third-order valence-electron chi connectivity index (χ3n) is 4.10. The smallest absolute Gasteiger partial charge is 0.450 e. The Hall–Kier alpha value is -0.730. The maximum atomic E-state index is 10.3. The van der Waals surface area contributed by atoms with Gasteiger partial charge in [0, 0.05) is 0 Å². The van der Waals surface area contributed by atoms with Crippen molar-refractivity contribution < 1.29 is 14.6 Å². The second-order valence-electron chi connectivity index (χ2n) is 5.84. The van der Waals surface area contributed by atoms with Gasteiger partial charge in [-0.1, -0.05) is 27.2 Å². The van der Waals surface area contributed by atoms with Gasteiger partial charge in [-0.2, -0.15) is 0 Å². The molecule has 1 fully saturated rings. The highest BCUT2D eigenvalue weighted by atomic mass is 16.7. The highest BCUT2D eigenvalue weighted by molar-refractivity contribution is 5.56. The Bertz CT molecular complexity index is 238. The van der Waals surface area contributed by atoms with E-state index in [2.05, 4.69) is 25.5 Å². The molecule has 1 saturated carbocycles. The molecule has 0 aromatic carbocycles. The molecule has 0 aliphatic heterocycles. The Morgan fingerprint density at radius 1 is 1.41 bits per heavy atom. The molecule has 3 atom stereocenters. The molecule has 0 heterocycles. The Kier molecular flexibility index (Phi) is 5.79. The predicted molar refractivity (Wildman–Crippen MR) is 68.0 cm³/mol. The summed E-state index contributed by atoms with van der Waals surface area (Å²) in [4.78, 5) is 10.3. The Labute approximate surface area is 105 Å². The molecule has 1 aliphatic rings. The van der Waals surface area contributed by atoms with Gasteiger partial charge in [-0.05, 0) is 49.4 Å². The van der Waals surface area contributed by atoms with E-state index in [4.69, 9.17) is 5.11 Å². The lowest BCUT2D eigenvalue weighted by atomic mass is 9.68. The fourth-order valence-electron chi connectivity index (χ4n) is 3.24. The molecule has 0 bridgehead atoms. The minimum absolute atomic E-state index is 0.352. The van der Waals surface area contributed by atoms with Crippen molar-refractivity contribution in [2.24, 2.45) is 23.7 Å². The molecule has 0 aromatic rings. The maximum Gasteiger partial charge on any atom is 0.505 e. The molecule has 0 spiro atoms. The Balaban J connectivity index is 2.33. The SMILES string of the molecule is CC1CCC(C(C)C)C(CCCOC(=O)O)C1. The van der Waals surface area contributed by atoms with Gasteiger partial charge in [0.1, 0.15) is 0 Å². The van der Waals surface area contributed by atoms with E-state index in [9.17, 15) is 4.79 Å². The molecule has 0 aromatic heterocycles. The fraction of sp³-hybridized carbons (Fsp3) is 0.929. The van der Waals surface area contributed by atoms with Crippen molar-refractivity contribution in [2.75, 3.05) is 6.61 Å². The topological polar surface area (TPSA) is 46.5 Å². The molecule has 3 heteroatoms. The molecule has 0 amide bonds. The molecule has 1 rings (SSSR count). The molecule has 0 radical (unpaired) electrons. The second-order valence-corrected chi connectivity index (χ2v) is 5.84. The van der Waals surface area contributed by atoms with Crippen LogP contribution in [0, 0.1) is 23.7 Å². The van der Waals surface area contributed by atoms with Crippen molar-refractivity contribution in [3.05, 3.63) is 0 Å². The molecule has 3 unspecified atom stereocenters. The first-order chi connectivity index (χ1) is 8.00. The van der Waals surface area contributed by atoms with Crippen LogP contribution in [0.5, 0.6) is 0 Å². The average molecular weight is 242 g/mol. The Morgan fingerprint density at radius 3 is 2.71 bits per heavy atom. The molecule has 1 N–H and O–H groups in total. The number of carbonyl (C=O) groups is 1. The van der Waals surface area contributed by atoms with E-state index < -0.39 is 6.16 Å². The van der Waals surface area contributed by atoms with Gasteiger partial charge in [-0.3, -0.25) is 0 Å². The summed E-state index contributed by atoms with van der Waals surface area (Å²) in [7, 11) is 0. The van der Waals surface area contributed by atoms with Gasteiger partial charge >= 0.3 is 6.16 Å². The molecular formula is C14H26O3. The van der Waals surface area contributed by atoms with Gasteiger partial charge in [0.15, 0.2) is 0 Å². The summed E-state index contributed by atoms with van der Waals surface area (Å²) in [6.07, 6.45) is 4.82. The minimum Gasteiger partial charge on any atom is -0.450 e. The third kappa shape index (κ3) is 4.97. The first kappa shape index (κ1) is 14.3. The van der Waals surface area contributed by atoms with Crippen molar-refractivity contribution >= 4 is 6.16 Å². The van der Waals surface area contributed by atoms with E-state index in [1.54, 1.807) is 0 Å². The first-order valence-corrected chi connectivity index (χ1v) is 6.86. The summed E-state index contributed by atoms with van der Waals surface area (Å²) in [6.45, 7) is 7.30. The van der Waals surface area contributed by atoms with Crippen molar-refractivity contribution in [1.29, 1.82) is 0 Å². The van der Waals surface area contributed by atoms with Crippen molar-refractivity contribution in [3.63, 3.8) is 0 Å². The van der Waals surface area contributed by atoms with E-state index in [1.165, 1.54) is 19.3 Å². The lowest BCUT2D eigenvalue weighted by Gasteiger charge is -2.37. The van der Waals surface area contributed by atoms with Crippen LogP contribution in [0.4, 0.5) is 4.79 Å². The fourth-order valence-corrected chi connectivity index (χ4v) is 3.24. The van der Waals surface area contributed by atoms with Crippen LogP contribution in [0.3, 0.4) is 0 Å². The van der Waals surface area contributed by atoms with Crippen LogP contribution in [-0.4, -0.2) is 17.9 Å². The van der Waals surface area contributed by atoms with E-state index >= 15 is 0 Å². The van der Waals surface area contributed by atoms with Crippen LogP contribution >= 0.6 is 0 Å². The van der Waals surface area contributed by atoms with Gasteiger partial charge < -0.3 is 9.84 Å². The van der Waals surface area contributed by atoms with Crippen LogP contribution in [-0.2, 0) is 4.74 Å². The molecule has 100 valence electrons. The van der Waals surface area contributed by atoms with E-state index in [-0.39, 0.29) is 0 Å². The zero-order valence-electron chi connectivity index (χ0n) is 11.3. The van der Waals surface area contributed by atoms with E-state index in [1.807, 2.05) is 0 Å². The van der Waals surface area contributed by atoms with Crippen LogP contribution in [0.1, 0.15) is 52.9 Å². The van der Waals surface area contributed by atoms with Crippen LogP contribution in [0.25, 0.3) is 0 Å². The second kappa shape index (κ2) is 6.87. The largest absolute Gasteiger partial charge is 0.505 e. The standard InChI is InChI=1S/C14H26O3/c1-10(2)13-7-6-11(3)9-12(13)5-4-8-17-14(15)16/h10-13H,4-9H2,1-3H3,(H,15,16). The van der Waals surface area contributed by atoms with Gasteiger partial charge in [0.05, 0.1) is 6.61 Å². The molecule has 0 saturated heterocycles. The average Bonchev–Trinajstić information content (AvgIpc) is 2.23. The Morgan fingerprint density at radius 2 is 2.12 bits per heavy atom. The molecule has 3 nitrogen and oxygen atoms in total. The van der Waals surface area contributed by atoms with E-state index in [0.29, 0.717) is 6.61 Å². The molecular weight excluding hydrogens is 216 g/mol. The first-order valence-electron chi connectivity index (χ1n) is 6.86. The van der Waals surface area contributed by atoms with Crippen LogP contribution in [0.2, 0.25) is 0 Å². The lowest BCUT2D eigenvalue weighted by molar-refractivity contribution is 0.0814. The number of hydrogen-bond acceptors (Lipinski definition) is 2.